The van der Waals surface area contributed by atoms with Gasteiger partial charge < -0.3 is 0 Å². The summed E-state index contributed by atoms with van der Waals surface area (Å²) in [5.41, 5.74) is 0. The predicted molar refractivity (Wildman–Crippen MR) is 64.1 cm³/mol. The molecule has 0 rings (SSSR count). The summed E-state index contributed by atoms with van der Waals surface area (Å²) < 4.78 is 57.0. The van der Waals surface area contributed by atoms with Gasteiger partial charge in [-0.3, -0.25) is 9.11 Å². The van der Waals surface area contributed by atoms with Crippen molar-refractivity contribution in [1.29, 1.82) is 0 Å². The van der Waals surface area contributed by atoms with Crippen molar-refractivity contribution in [3.05, 3.63) is 0 Å². The van der Waals surface area contributed by atoms with Gasteiger partial charge in [0.05, 0.1) is 0 Å². The van der Waals surface area contributed by atoms with Gasteiger partial charge in [0.15, 0.2) is 0 Å². The van der Waals surface area contributed by atoms with E-state index in [9.17, 15) is 16.8 Å². The van der Waals surface area contributed by atoms with Crippen molar-refractivity contribution < 1.29 is 25.9 Å². The molecule has 0 heterocycles. The summed E-state index contributed by atoms with van der Waals surface area (Å²) in [5.74, 6) is 0.169. The van der Waals surface area contributed by atoms with Crippen LogP contribution in [0.5, 0.6) is 0 Å². The second kappa shape index (κ2) is 10.4. The fraction of sp³-hybridized carbons (Fsp3) is 1.00. The van der Waals surface area contributed by atoms with Crippen LogP contribution in [-0.4, -0.2) is 96.6 Å². The van der Waals surface area contributed by atoms with Crippen LogP contribution in [0.1, 0.15) is 6.42 Å². The molecule has 0 aliphatic carbocycles. The molecule has 0 unspecified atom stereocenters. The minimum atomic E-state index is -4.04. The number of rotatable bonds is 6. The molecule has 0 fully saturated rings. The Morgan fingerprint density at radius 3 is 1.27 bits per heavy atom. The van der Waals surface area contributed by atoms with E-state index in [4.69, 9.17) is 9.11 Å². The zero-order valence-corrected chi connectivity index (χ0v) is 15.5. The van der Waals surface area contributed by atoms with Crippen molar-refractivity contribution in [1.82, 2.24) is 0 Å². The van der Waals surface area contributed by atoms with Gasteiger partial charge in [-0.2, -0.15) is 16.8 Å². The second-order valence-electron chi connectivity index (χ2n) is 1.85. The average Bonchev–Trinajstić information content (AvgIpc) is 1.81. The molecule has 0 aromatic rings. The van der Waals surface area contributed by atoms with Crippen LogP contribution in [0, 0.1) is 0 Å². The molecule has 0 atom stereocenters. The minimum absolute atomic E-state index is 0. The summed E-state index contributed by atoms with van der Waals surface area (Å²) >= 11 is 0. The van der Waals surface area contributed by atoms with Crippen LogP contribution in [0.25, 0.3) is 0 Å². The Hall–Kier alpha value is 2.52. The molecular weight excluding hydrogens is 306 g/mol. The fourth-order valence-corrected chi connectivity index (χ4v) is 3.49. The molecule has 0 saturated heterocycles. The maximum atomic E-state index is 10.1. The summed E-state index contributed by atoms with van der Waals surface area (Å²) in [5, 5.41) is 0. The maximum absolute atomic E-state index is 10.1. The van der Waals surface area contributed by atoms with Gasteiger partial charge in [-0.25, -0.2) is 0 Å². The largest absolute Gasteiger partial charge is 0.319 e. The molecule has 0 aromatic heterocycles. The zero-order chi connectivity index (χ0) is 10.5. The SMILES string of the molecule is O=S(=O)(O)SCCCSS(=O)(=O)O.[Na].[Na]. The number of hydrogen-bond donors (Lipinski definition) is 2. The average molecular weight is 314 g/mol. The van der Waals surface area contributed by atoms with Crippen molar-refractivity contribution in [2.24, 2.45) is 0 Å². The third-order valence-electron chi connectivity index (χ3n) is 0.753. The first-order chi connectivity index (χ1) is 5.71. The Kier molecular flexibility index (Phi) is 15.8. The monoisotopic (exact) mass is 314 g/mol. The molecule has 0 spiro atoms. The molecule has 0 aliphatic rings. The Morgan fingerprint density at radius 2 is 1.07 bits per heavy atom. The van der Waals surface area contributed by atoms with E-state index < -0.39 is 18.3 Å². The third kappa shape index (κ3) is 22.2. The standard InChI is InChI=1S/C3H8O6S4.2Na/c4-12(5,6)10-2-1-3-11-13(7,8)9;;/h1-3H2,(H,4,5,6)(H,7,8,9);;. The van der Waals surface area contributed by atoms with Crippen LogP contribution in [0.4, 0.5) is 0 Å². The van der Waals surface area contributed by atoms with Gasteiger partial charge in [0.25, 0.3) is 0 Å². The normalized spacial score (nSPS) is 11.3. The second-order valence-corrected chi connectivity index (χ2v) is 8.79. The van der Waals surface area contributed by atoms with Crippen molar-refractivity contribution in [3.8, 4) is 0 Å². The summed E-state index contributed by atoms with van der Waals surface area (Å²) in [7, 11) is -7.44. The Bertz CT molecular complexity index is 301. The molecule has 0 saturated carbocycles. The molecule has 0 bridgehead atoms. The van der Waals surface area contributed by atoms with Crippen molar-refractivity contribution >= 4 is 99.0 Å². The fourth-order valence-electron chi connectivity index (χ4n) is 0.387. The van der Waals surface area contributed by atoms with E-state index in [1.807, 2.05) is 0 Å². The van der Waals surface area contributed by atoms with Crippen LogP contribution >= 0.6 is 21.6 Å². The van der Waals surface area contributed by atoms with E-state index in [2.05, 4.69) is 0 Å². The zero-order valence-electron chi connectivity index (χ0n) is 8.28. The quantitative estimate of drug-likeness (QED) is 0.297. The Labute approximate surface area is 141 Å². The molecule has 2 N–H and O–H groups in total. The van der Waals surface area contributed by atoms with E-state index >= 15 is 0 Å². The topological polar surface area (TPSA) is 109 Å². The van der Waals surface area contributed by atoms with Gasteiger partial charge in [0.2, 0.25) is 0 Å². The molecular formula is C3H8Na2O6S4. The molecule has 0 aliphatic heterocycles. The van der Waals surface area contributed by atoms with E-state index in [1.54, 1.807) is 0 Å². The minimum Gasteiger partial charge on any atom is -0.277 e. The van der Waals surface area contributed by atoms with Crippen LogP contribution in [0.15, 0.2) is 0 Å². The van der Waals surface area contributed by atoms with Crippen molar-refractivity contribution in [2.45, 2.75) is 6.42 Å². The molecule has 15 heavy (non-hydrogen) atoms. The first-order valence-electron chi connectivity index (χ1n) is 2.94. The first-order valence-corrected chi connectivity index (χ1v) is 8.83. The van der Waals surface area contributed by atoms with Gasteiger partial charge in [0, 0.05) is 70.6 Å². The molecule has 6 nitrogen and oxygen atoms in total. The van der Waals surface area contributed by atoms with E-state index in [0.717, 1.165) is 0 Å². The van der Waals surface area contributed by atoms with E-state index in [-0.39, 0.29) is 77.0 Å². The third-order valence-corrected chi connectivity index (χ3v) is 5.05. The van der Waals surface area contributed by atoms with Crippen LogP contribution < -0.4 is 0 Å². The first kappa shape index (κ1) is 22.7. The molecule has 0 amide bonds. The van der Waals surface area contributed by atoms with Gasteiger partial charge in [-0.1, -0.05) is 0 Å². The van der Waals surface area contributed by atoms with Crippen LogP contribution in [0.3, 0.4) is 0 Å². The van der Waals surface area contributed by atoms with Crippen LogP contribution in [-0.2, 0) is 18.3 Å². The van der Waals surface area contributed by atoms with E-state index in [1.165, 1.54) is 0 Å². The summed E-state index contributed by atoms with van der Waals surface area (Å²) in [6.07, 6.45) is 0.259. The summed E-state index contributed by atoms with van der Waals surface area (Å²) in [6.45, 7) is 0. The smallest absolute Gasteiger partial charge is 0.277 e. The van der Waals surface area contributed by atoms with Gasteiger partial charge >= 0.3 is 18.3 Å². The summed E-state index contributed by atoms with van der Waals surface area (Å²) in [4.78, 5) is 0. The molecule has 0 aromatic carbocycles. The number of hydrogen-bond acceptors (Lipinski definition) is 6. The van der Waals surface area contributed by atoms with Crippen molar-refractivity contribution in [3.63, 3.8) is 0 Å². The Morgan fingerprint density at radius 1 is 0.800 bits per heavy atom. The molecule has 12 heteroatoms. The molecule has 82 valence electrons. The summed E-state index contributed by atoms with van der Waals surface area (Å²) in [6, 6.07) is 0. The van der Waals surface area contributed by atoms with Crippen LogP contribution in [0.2, 0.25) is 0 Å². The maximum Gasteiger partial charge on any atom is 0.319 e. The van der Waals surface area contributed by atoms with Gasteiger partial charge in [0.1, 0.15) is 0 Å². The van der Waals surface area contributed by atoms with Crippen molar-refractivity contribution in [2.75, 3.05) is 11.5 Å². The van der Waals surface area contributed by atoms with Gasteiger partial charge in [-0.05, 0) is 28.0 Å². The predicted octanol–water partition coefficient (Wildman–Crippen LogP) is -0.313. The Balaban J connectivity index is -0.000000720. The molecule has 2 radical (unpaired) electrons. The van der Waals surface area contributed by atoms with Gasteiger partial charge in [-0.15, -0.1) is 0 Å². The van der Waals surface area contributed by atoms with E-state index in [0.29, 0.717) is 21.6 Å².